The first-order chi connectivity index (χ1) is 11.9. The summed E-state index contributed by atoms with van der Waals surface area (Å²) in [5, 5.41) is 3.24. The van der Waals surface area contributed by atoms with E-state index in [4.69, 9.17) is 0 Å². The third-order valence-corrected chi connectivity index (χ3v) is 3.18. The highest BCUT2D eigenvalue weighted by Crippen LogP contribution is 2.28. The molecule has 0 aliphatic heterocycles. The normalized spacial score (nSPS) is 11.0. The van der Waals surface area contributed by atoms with Crippen LogP contribution in [0.4, 0.5) is 13.2 Å². The van der Waals surface area contributed by atoms with Crippen molar-refractivity contribution in [2.24, 2.45) is 0 Å². The van der Waals surface area contributed by atoms with Gasteiger partial charge < -0.3 is 9.09 Å². The fraction of sp³-hybridized carbons (Fsp3) is 0.118. The number of halogens is 3. The lowest BCUT2D eigenvalue weighted by Gasteiger charge is -2.01. The molecule has 126 valence electrons. The zero-order valence-electron chi connectivity index (χ0n) is 12.6. The number of aromatic nitrogens is 3. The molecule has 1 aromatic carbocycles. The minimum absolute atomic E-state index is 0.136. The highest BCUT2D eigenvalue weighted by atomic mass is 19.4. The van der Waals surface area contributed by atoms with E-state index in [1.165, 1.54) is 16.8 Å². The highest BCUT2D eigenvalue weighted by Gasteiger charge is 2.38. The summed E-state index contributed by atoms with van der Waals surface area (Å²) in [6.07, 6.45) is -3.31. The summed E-state index contributed by atoms with van der Waals surface area (Å²) in [4.78, 5) is 15.3. The van der Waals surface area contributed by atoms with Gasteiger partial charge in [-0.05, 0) is 18.2 Å². The van der Waals surface area contributed by atoms with Gasteiger partial charge >= 0.3 is 12.1 Å². The molecule has 0 N–H and O–H groups in total. The Kier molecular flexibility index (Phi) is 4.39. The highest BCUT2D eigenvalue weighted by molar-refractivity contribution is 5.52. The minimum Gasteiger partial charge on any atom is -0.329 e. The zero-order valence-corrected chi connectivity index (χ0v) is 12.6. The first-order valence-electron chi connectivity index (χ1n) is 7.09. The molecule has 0 unspecified atom stereocenters. The van der Waals surface area contributed by atoms with Crippen LogP contribution in [-0.2, 0) is 12.7 Å². The zero-order chi connectivity index (χ0) is 17.9. The molecule has 8 heteroatoms. The largest absolute Gasteiger partial charge is 0.471 e. The second kappa shape index (κ2) is 6.65. The van der Waals surface area contributed by atoms with Gasteiger partial charge in [-0.25, -0.2) is 0 Å². The molecule has 0 aliphatic rings. The van der Waals surface area contributed by atoms with Crippen LogP contribution in [0.2, 0.25) is 0 Å². The minimum atomic E-state index is -4.73. The van der Waals surface area contributed by atoms with E-state index in [1.807, 2.05) is 30.3 Å². The fourth-order valence-corrected chi connectivity index (χ4v) is 1.98. The Morgan fingerprint density at radius 3 is 2.56 bits per heavy atom. The van der Waals surface area contributed by atoms with Gasteiger partial charge in [0.2, 0.25) is 5.82 Å². The van der Waals surface area contributed by atoms with Crippen molar-refractivity contribution in [1.82, 2.24) is 14.7 Å². The van der Waals surface area contributed by atoms with E-state index in [2.05, 4.69) is 26.5 Å². The molecule has 0 spiro atoms. The van der Waals surface area contributed by atoms with Gasteiger partial charge in [0.05, 0.1) is 6.54 Å². The molecule has 0 fully saturated rings. The van der Waals surface area contributed by atoms with Crippen molar-refractivity contribution >= 4 is 0 Å². The molecular formula is C17H10F3N3O2. The molecular weight excluding hydrogens is 335 g/mol. The molecule has 0 saturated heterocycles. The van der Waals surface area contributed by atoms with Crippen LogP contribution in [0.5, 0.6) is 0 Å². The van der Waals surface area contributed by atoms with Crippen LogP contribution in [-0.4, -0.2) is 14.7 Å². The van der Waals surface area contributed by atoms with Gasteiger partial charge in [0.25, 0.3) is 5.56 Å². The maximum absolute atomic E-state index is 12.5. The number of pyridine rings is 1. The fourth-order valence-electron chi connectivity index (χ4n) is 1.98. The molecule has 25 heavy (non-hydrogen) atoms. The van der Waals surface area contributed by atoms with Crippen molar-refractivity contribution in [2.75, 3.05) is 0 Å². The van der Waals surface area contributed by atoms with Crippen LogP contribution < -0.4 is 5.56 Å². The first-order valence-corrected chi connectivity index (χ1v) is 7.09. The SMILES string of the molecule is O=c1cc(-c2noc(C(F)(F)F)n2)ccn1CC#Cc1ccccc1. The summed E-state index contributed by atoms with van der Waals surface area (Å²) in [6.45, 7) is 0.147. The second-order valence-electron chi connectivity index (χ2n) is 4.97. The first kappa shape index (κ1) is 16.5. The van der Waals surface area contributed by atoms with Crippen molar-refractivity contribution in [3.05, 3.63) is 70.5 Å². The molecule has 0 aliphatic carbocycles. The number of alkyl halides is 3. The van der Waals surface area contributed by atoms with Crippen molar-refractivity contribution < 1.29 is 17.7 Å². The predicted octanol–water partition coefficient (Wildman–Crippen LogP) is 2.97. The van der Waals surface area contributed by atoms with Crippen molar-refractivity contribution in [3.63, 3.8) is 0 Å². The van der Waals surface area contributed by atoms with Crippen LogP contribution in [0.15, 0.2) is 58.0 Å². The molecule has 5 nitrogen and oxygen atoms in total. The number of rotatable bonds is 2. The molecule has 0 amide bonds. The maximum Gasteiger partial charge on any atom is 0.471 e. The summed E-state index contributed by atoms with van der Waals surface area (Å²) < 4.78 is 42.9. The van der Waals surface area contributed by atoms with E-state index in [9.17, 15) is 18.0 Å². The van der Waals surface area contributed by atoms with E-state index < -0.39 is 17.6 Å². The second-order valence-corrected chi connectivity index (χ2v) is 4.97. The molecule has 2 aromatic heterocycles. The van der Waals surface area contributed by atoms with Crippen molar-refractivity contribution in [1.29, 1.82) is 0 Å². The third kappa shape index (κ3) is 3.95. The summed E-state index contributed by atoms with van der Waals surface area (Å²) in [6, 6.07) is 11.8. The van der Waals surface area contributed by atoms with Crippen LogP contribution in [0, 0.1) is 11.8 Å². The summed E-state index contributed by atoms with van der Waals surface area (Å²) >= 11 is 0. The van der Waals surface area contributed by atoms with E-state index >= 15 is 0 Å². The predicted molar refractivity (Wildman–Crippen MR) is 82.3 cm³/mol. The summed E-state index contributed by atoms with van der Waals surface area (Å²) in [7, 11) is 0. The molecule has 0 bridgehead atoms. The Balaban J connectivity index is 1.79. The van der Waals surface area contributed by atoms with Gasteiger partial charge in [-0.1, -0.05) is 35.2 Å². The van der Waals surface area contributed by atoms with Gasteiger partial charge in [0.1, 0.15) is 0 Å². The Labute approximate surface area is 139 Å². The topological polar surface area (TPSA) is 60.9 Å². The lowest BCUT2D eigenvalue weighted by Crippen LogP contribution is -2.18. The van der Waals surface area contributed by atoms with Crippen LogP contribution in [0.3, 0.4) is 0 Å². The monoisotopic (exact) mass is 345 g/mol. The van der Waals surface area contributed by atoms with E-state index in [0.717, 1.165) is 11.6 Å². The smallest absolute Gasteiger partial charge is 0.329 e. The quantitative estimate of drug-likeness (QED) is 0.670. The van der Waals surface area contributed by atoms with E-state index in [1.54, 1.807) is 0 Å². The Hall–Kier alpha value is -3.34. The van der Waals surface area contributed by atoms with Crippen molar-refractivity contribution in [2.45, 2.75) is 12.7 Å². The van der Waals surface area contributed by atoms with Gasteiger partial charge in [0.15, 0.2) is 0 Å². The van der Waals surface area contributed by atoms with Crippen LogP contribution in [0.1, 0.15) is 11.5 Å². The van der Waals surface area contributed by atoms with Gasteiger partial charge in [0, 0.05) is 23.4 Å². The number of hydrogen-bond donors (Lipinski definition) is 0. The van der Waals surface area contributed by atoms with E-state index in [0.29, 0.717) is 0 Å². The number of hydrogen-bond acceptors (Lipinski definition) is 4. The Morgan fingerprint density at radius 1 is 1.16 bits per heavy atom. The Morgan fingerprint density at radius 2 is 1.92 bits per heavy atom. The van der Waals surface area contributed by atoms with Gasteiger partial charge in [-0.2, -0.15) is 18.2 Å². The molecule has 3 aromatic rings. The van der Waals surface area contributed by atoms with Crippen LogP contribution in [0.25, 0.3) is 11.4 Å². The lowest BCUT2D eigenvalue weighted by atomic mass is 10.2. The molecule has 0 atom stereocenters. The van der Waals surface area contributed by atoms with Gasteiger partial charge in [-0.15, -0.1) is 0 Å². The van der Waals surface area contributed by atoms with Crippen molar-refractivity contribution in [3.8, 4) is 23.2 Å². The summed E-state index contributed by atoms with van der Waals surface area (Å²) in [5.41, 5.74) is 0.522. The number of nitrogens with zero attached hydrogens (tertiary/aromatic N) is 3. The standard InChI is InChI=1S/C17H10F3N3O2/c18-17(19,20)16-21-15(22-25-16)13-8-10-23(14(24)11-13)9-4-7-12-5-2-1-3-6-12/h1-3,5-6,8,10-11H,9H2. The average molecular weight is 345 g/mol. The summed E-state index contributed by atoms with van der Waals surface area (Å²) in [5.74, 6) is 4.01. The molecule has 0 saturated carbocycles. The lowest BCUT2D eigenvalue weighted by molar-refractivity contribution is -0.159. The average Bonchev–Trinajstić information content (AvgIpc) is 3.08. The Bertz CT molecular complexity index is 995. The van der Waals surface area contributed by atoms with E-state index in [-0.39, 0.29) is 17.9 Å². The maximum atomic E-state index is 12.5. The molecule has 0 radical (unpaired) electrons. The molecule has 3 rings (SSSR count). The molecule has 2 heterocycles. The van der Waals surface area contributed by atoms with Crippen LogP contribution >= 0.6 is 0 Å². The van der Waals surface area contributed by atoms with Gasteiger partial charge in [-0.3, -0.25) is 4.79 Å². The third-order valence-electron chi connectivity index (χ3n) is 3.18. The number of benzene rings is 1.